The summed E-state index contributed by atoms with van der Waals surface area (Å²) in [6.45, 7) is 1.12. The average molecular weight is 307 g/mol. The second-order valence-corrected chi connectivity index (χ2v) is 5.69. The minimum Gasteiger partial charge on any atom is -0.494 e. The van der Waals surface area contributed by atoms with Gasteiger partial charge in [0.05, 0.1) is 18.1 Å². The molecular weight excluding hydrogens is 293 g/mol. The maximum absolute atomic E-state index is 13.5. The van der Waals surface area contributed by atoms with Gasteiger partial charge in [0.15, 0.2) is 11.6 Å². The van der Waals surface area contributed by atoms with Crippen LogP contribution in [0.15, 0.2) is 23.1 Å². The van der Waals surface area contributed by atoms with Gasteiger partial charge in [-0.3, -0.25) is 4.79 Å². The van der Waals surface area contributed by atoms with Crippen LogP contribution in [0.25, 0.3) is 0 Å². The van der Waals surface area contributed by atoms with Crippen molar-refractivity contribution in [3.8, 4) is 5.75 Å². The van der Waals surface area contributed by atoms with E-state index in [1.165, 1.54) is 7.11 Å². The number of carboxylic acid groups (broad SMARTS) is 1. The molecule has 0 heterocycles. The number of halogens is 1. The molecule has 0 bridgehead atoms. The molecule has 9 heteroatoms. The van der Waals surface area contributed by atoms with Gasteiger partial charge in [-0.2, -0.15) is 4.72 Å². The van der Waals surface area contributed by atoms with Gasteiger partial charge in [-0.05, 0) is 25.1 Å². The summed E-state index contributed by atoms with van der Waals surface area (Å²) in [6, 6.07) is 1.13. The van der Waals surface area contributed by atoms with Gasteiger partial charge in [0.2, 0.25) is 10.0 Å². The third-order valence-corrected chi connectivity index (χ3v) is 3.90. The minimum atomic E-state index is -4.28. The Bertz CT molecular complexity index is 601. The van der Waals surface area contributed by atoms with Crippen LogP contribution in [0.4, 0.5) is 4.39 Å². The fourth-order valence-corrected chi connectivity index (χ4v) is 2.68. The molecule has 0 aromatic heterocycles. The molecular formula is C11H14FNO6S. The van der Waals surface area contributed by atoms with Crippen molar-refractivity contribution in [2.45, 2.75) is 24.0 Å². The smallest absolute Gasteiger partial charge is 0.324 e. The van der Waals surface area contributed by atoms with E-state index in [0.29, 0.717) is 6.07 Å². The van der Waals surface area contributed by atoms with Crippen LogP contribution < -0.4 is 9.46 Å². The van der Waals surface area contributed by atoms with Crippen LogP contribution in [-0.2, 0) is 14.8 Å². The van der Waals surface area contributed by atoms with Crippen molar-refractivity contribution >= 4 is 16.0 Å². The zero-order valence-electron chi connectivity index (χ0n) is 10.7. The van der Waals surface area contributed by atoms with Crippen LogP contribution in [-0.4, -0.2) is 43.9 Å². The maximum atomic E-state index is 13.5. The topological polar surface area (TPSA) is 113 Å². The molecule has 0 saturated carbocycles. The lowest BCUT2D eigenvalue weighted by Crippen LogP contribution is -2.47. The summed E-state index contributed by atoms with van der Waals surface area (Å²) in [5.74, 6) is -2.59. The predicted octanol–water partition coefficient (Wildman–Crippen LogP) is -0.0534. The quantitative estimate of drug-likeness (QED) is 0.679. The number of aliphatic carboxylic acids is 1. The lowest BCUT2D eigenvalue weighted by Gasteiger charge is -2.17. The number of aliphatic hydroxyl groups excluding tert-OH is 1. The summed E-state index contributed by atoms with van der Waals surface area (Å²) in [5.41, 5.74) is 0. The summed E-state index contributed by atoms with van der Waals surface area (Å²) in [5, 5.41) is 18.0. The minimum absolute atomic E-state index is 0.144. The maximum Gasteiger partial charge on any atom is 0.324 e. The summed E-state index contributed by atoms with van der Waals surface area (Å²) in [6.07, 6.45) is -1.45. The molecule has 2 atom stereocenters. The predicted molar refractivity (Wildman–Crippen MR) is 66.4 cm³/mol. The molecule has 0 spiro atoms. The summed E-state index contributed by atoms with van der Waals surface area (Å²) in [4.78, 5) is 10.4. The molecule has 20 heavy (non-hydrogen) atoms. The number of ether oxygens (including phenoxy) is 1. The molecule has 0 saturated heterocycles. The summed E-state index contributed by atoms with van der Waals surface area (Å²) >= 11 is 0. The number of sulfonamides is 1. The number of methoxy groups -OCH3 is 1. The van der Waals surface area contributed by atoms with Crippen molar-refractivity contribution in [2.24, 2.45) is 0 Å². The largest absolute Gasteiger partial charge is 0.494 e. The Morgan fingerprint density at radius 3 is 2.45 bits per heavy atom. The highest BCUT2D eigenvalue weighted by Crippen LogP contribution is 2.20. The summed E-state index contributed by atoms with van der Waals surface area (Å²) in [7, 11) is -3.06. The highest BCUT2D eigenvalue weighted by Gasteiger charge is 2.29. The number of rotatable bonds is 6. The Kier molecular flexibility index (Phi) is 5.03. The number of hydrogen-bond donors (Lipinski definition) is 3. The van der Waals surface area contributed by atoms with E-state index in [1.807, 2.05) is 0 Å². The third kappa shape index (κ3) is 3.65. The first-order valence-corrected chi connectivity index (χ1v) is 6.94. The molecule has 1 rings (SSSR count). The molecule has 3 N–H and O–H groups in total. The Hall–Kier alpha value is -1.71. The fourth-order valence-electron chi connectivity index (χ4n) is 1.40. The molecule has 1 aromatic carbocycles. The molecule has 0 aliphatic heterocycles. The molecule has 112 valence electrons. The van der Waals surface area contributed by atoms with Crippen molar-refractivity contribution in [1.82, 2.24) is 4.72 Å². The highest BCUT2D eigenvalue weighted by molar-refractivity contribution is 7.89. The van der Waals surface area contributed by atoms with E-state index >= 15 is 0 Å². The number of benzene rings is 1. The molecule has 0 amide bonds. The zero-order valence-corrected chi connectivity index (χ0v) is 11.5. The van der Waals surface area contributed by atoms with Crippen LogP contribution in [0.3, 0.4) is 0 Å². The molecule has 7 nitrogen and oxygen atoms in total. The van der Waals surface area contributed by atoms with Crippen molar-refractivity contribution in [2.75, 3.05) is 7.11 Å². The first-order valence-electron chi connectivity index (χ1n) is 5.45. The SMILES string of the molecule is COc1ccc(S(=O)(=O)NC(C(=O)O)C(C)O)cc1F. The van der Waals surface area contributed by atoms with Crippen molar-refractivity contribution in [3.05, 3.63) is 24.0 Å². The normalized spacial score (nSPS) is 14.6. The number of carboxylic acids is 1. The fraction of sp³-hybridized carbons (Fsp3) is 0.364. The number of aliphatic hydroxyl groups is 1. The van der Waals surface area contributed by atoms with E-state index in [9.17, 15) is 22.7 Å². The van der Waals surface area contributed by atoms with Gasteiger partial charge in [0.1, 0.15) is 6.04 Å². The standard InChI is InChI=1S/C11H14FNO6S/c1-6(14)10(11(15)16)13-20(17,18)7-3-4-9(19-2)8(12)5-7/h3-6,10,13-14H,1-2H3,(H,15,16). The van der Waals surface area contributed by atoms with E-state index in [1.54, 1.807) is 4.72 Å². The number of carbonyl (C=O) groups is 1. The van der Waals surface area contributed by atoms with Crippen LogP contribution in [0.5, 0.6) is 5.75 Å². The molecule has 0 aliphatic carbocycles. The van der Waals surface area contributed by atoms with Gasteiger partial charge in [-0.1, -0.05) is 0 Å². The first kappa shape index (κ1) is 16.3. The Balaban J connectivity index is 3.11. The van der Waals surface area contributed by atoms with E-state index < -0.39 is 38.9 Å². The second-order valence-electron chi connectivity index (χ2n) is 3.97. The van der Waals surface area contributed by atoms with Crippen molar-refractivity contribution in [3.63, 3.8) is 0 Å². The Morgan fingerprint density at radius 2 is 2.05 bits per heavy atom. The van der Waals surface area contributed by atoms with Crippen LogP contribution in [0.1, 0.15) is 6.92 Å². The van der Waals surface area contributed by atoms with Gasteiger partial charge < -0.3 is 14.9 Å². The van der Waals surface area contributed by atoms with Gasteiger partial charge in [0, 0.05) is 0 Å². The van der Waals surface area contributed by atoms with Gasteiger partial charge in [-0.15, -0.1) is 0 Å². The third-order valence-electron chi connectivity index (χ3n) is 2.46. The van der Waals surface area contributed by atoms with Crippen molar-refractivity contribution < 1.29 is 32.6 Å². The van der Waals surface area contributed by atoms with Crippen LogP contribution in [0, 0.1) is 5.82 Å². The highest BCUT2D eigenvalue weighted by atomic mass is 32.2. The molecule has 0 radical (unpaired) electrons. The van der Waals surface area contributed by atoms with E-state index in [0.717, 1.165) is 19.1 Å². The summed E-state index contributed by atoms with van der Waals surface area (Å²) < 4.78 is 43.7. The lowest BCUT2D eigenvalue weighted by atomic mass is 10.2. The van der Waals surface area contributed by atoms with E-state index in [2.05, 4.69) is 4.74 Å². The van der Waals surface area contributed by atoms with E-state index in [4.69, 9.17) is 5.11 Å². The van der Waals surface area contributed by atoms with Crippen LogP contribution in [0.2, 0.25) is 0 Å². The molecule has 1 aromatic rings. The number of nitrogens with one attached hydrogen (secondary N) is 1. The molecule has 0 fully saturated rings. The van der Waals surface area contributed by atoms with E-state index in [-0.39, 0.29) is 5.75 Å². The van der Waals surface area contributed by atoms with Gasteiger partial charge in [-0.25, -0.2) is 12.8 Å². The van der Waals surface area contributed by atoms with Crippen LogP contribution >= 0.6 is 0 Å². The van der Waals surface area contributed by atoms with Gasteiger partial charge in [0.25, 0.3) is 0 Å². The first-order chi connectivity index (χ1) is 9.19. The molecule has 0 aliphatic rings. The van der Waals surface area contributed by atoms with Crippen molar-refractivity contribution in [1.29, 1.82) is 0 Å². The second kappa shape index (κ2) is 6.16. The lowest BCUT2D eigenvalue weighted by molar-refractivity contribution is -0.141. The Labute approximate surface area is 115 Å². The number of hydrogen-bond acceptors (Lipinski definition) is 5. The zero-order chi connectivity index (χ0) is 15.5. The molecule has 2 unspecified atom stereocenters. The monoisotopic (exact) mass is 307 g/mol. The van der Waals surface area contributed by atoms with Gasteiger partial charge >= 0.3 is 5.97 Å². The average Bonchev–Trinajstić information content (AvgIpc) is 2.35. The Morgan fingerprint density at radius 1 is 1.45 bits per heavy atom.